The number of aromatic nitrogens is 1. The summed E-state index contributed by atoms with van der Waals surface area (Å²) in [6, 6.07) is 5.37. The lowest BCUT2D eigenvalue weighted by Crippen LogP contribution is -2.37. The smallest absolute Gasteiger partial charge is 0.307 e. The highest BCUT2D eigenvalue weighted by Crippen LogP contribution is 2.52. The third kappa shape index (κ3) is 2.50. The van der Waals surface area contributed by atoms with E-state index in [-0.39, 0.29) is 17.7 Å². The number of rotatable bonds is 3. The maximum atomic E-state index is 12.6. The molecule has 2 fully saturated rings. The number of hydrogen-bond donors (Lipinski definition) is 2. The van der Waals surface area contributed by atoms with Crippen molar-refractivity contribution in [1.29, 1.82) is 0 Å². The number of carbonyl (C=O) groups is 2. The van der Waals surface area contributed by atoms with Gasteiger partial charge in [-0.05, 0) is 49.3 Å². The molecule has 2 bridgehead atoms. The molecule has 1 amide bonds. The van der Waals surface area contributed by atoms with Gasteiger partial charge >= 0.3 is 5.97 Å². The van der Waals surface area contributed by atoms with E-state index in [9.17, 15) is 14.7 Å². The SMILES string of the molecule is O=C(O)[C@H]1[C@H]2CC[C@@H](C2)[C@@H]1C(=O)Nc1nc2ccc(Cl)cc2s1. The van der Waals surface area contributed by atoms with Crippen LogP contribution in [0.1, 0.15) is 19.3 Å². The minimum Gasteiger partial charge on any atom is -0.481 e. The molecule has 0 saturated heterocycles. The lowest BCUT2D eigenvalue weighted by molar-refractivity contribution is -0.148. The van der Waals surface area contributed by atoms with Gasteiger partial charge in [-0.2, -0.15) is 0 Å². The molecule has 2 saturated carbocycles. The fourth-order valence-electron chi connectivity index (χ4n) is 4.16. The van der Waals surface area contributed by atoms with Crippen molar-refractivity contribution in [2.75, 3.05) is 5.32 Å². The van der Waals surface area contributed by atoms with Gasteiger partial charge in [0.25, 0.3) is 0 Å². The maximum absolute atomic E-state index is 12.6. The maximum Gasteiger partial charge on any atom is 0.307 e. The number of fused-ring (bicyclic) bond motifs is 3. The number of nitrogens with one attached hydrogen (secondary N) is 1. The van der Waals surface area contributed by atoms with Crippen LogP contribution in [0, 0.1) is 23.7 Å². The van der Waals surface area contributed by atoms with E-state index in [1.165, 1.54) is 11.3 Å². The topological polar surface area (TPSA) is 79.3 Å². The molecule has 1 aromatic carbocycles. The number of nitrogens with zero attached hydrogens (tertiary/aromatic N) is 1. The zero-order valence-electron chi connectivity index (χ0n) is 12.2. The van der Waals surface area contributed by atoms with Gasteiger partial charge in [0.1, 0.15) is 0 Å². The molecule has 4 atom stereocenters. The number of carbonyl (C=O) groups excluding carboxylic acids is 1. The molecule has 2 aliphatic carbocycles. The molecule has 2 N–H and O–H groups in total. The average molecular weight is 351 g/mol. The number of hydrogen-bond acceptors (Lipinski definition) is 4. The summed E-state index contributed by atoms with van der Waals surface area (Å²) in [5.41, 5.74) is 0.775. The summed E-state index contributed by atoms with van der Waals surface area (Å²) >= 11 is 7.31. The van der Waals surface area contributed by atoms with E-state index in [1.54, 1.807) is 12.1 Å². The van der Waals surface area contributed by atoms with Gasteiger partial charge in [0, 0.05) is 5.02 Å². The molecular formula is C16H15ClN2O3S. The van der Waals surface area contributed by atoms with Crippen LogP contribution in [-0.4, -0.2) is 22.0 Å². The zero-order valence-corrected chi connectivity index (χ0v) is 13.7. The Hall–Kier alpha value is -1.66. The summed E-state index contributed by atoms with van der Waals surface area (Å²) in [7, 11) is 0. The van der Waals surface area contributed by atoms with Crippen LogP contribution in [0.5, 0.6) is 0 Å². The number of thiazole rings is 1. The molecule has 5 nitrogen and oxygen atoms in total. The lowest BCUT2D eigenvalue weighted by atomic mass is 9.79. The van der Waals surface area contributed by atoms with E-state index in [1.807, 2.05) is 6.07 Å². The van der Waals surface area contributed by atoms with Gasteiger partial charge in [-0.25, -0.2) is 4.98 Å². The molecule has 0 radical (unpaired) electrons. The molecule has 23 heavy (non-hydrogen) atoms. The third-order valence-electron chi connectivity index (χ3n) is 5.08. The lowest BCUT2D eigenvalue weighted by Gasteiger charge is -2.26. The van der Waals surface area contributed by atoms with Crippen molar-refractivity contribution < 1.29 is 14.7 Å². The molecule has 0 aliphatic heterocycles. The minimum absolute atomic E-state index is 0.141. The highest BCUT2D eigenvalue weighted by Gasteiger charge is 2.54. The van der Waals surface area contributed by atoms with Crippen molar-refractivity contribution in [3.63, 3.8) is 0 Å². The van der Waals surface area contributed by atoms with Gasteiger partial charge in [0.2, 0.25) is 5.91 Å². The number of carboxylic acids is 1. The molecule has 2 aromatic rings. The van der Waals surface area contributed by atoms with Crippen LogP contribution in [0.2, 0.25) is 5.02 Å². The Morgan fingerprint density at radius 1 is 1.26 bits per heavy atom. The van der Waals surface area contributed by atoms with E-state index in [4.69, 9.17) is 11.6 Å². The van der Waals surface area contributed by atoms with Crippen molar-refractivity contribution in [2.24, 2.45) is 23.7 Å². The Balaban J connectivity index is 1.57. The number of amides is 1. The van der Waals surface area contributed by atoms with Crippen molar-refractivity contribution in [3.05, 3.63) is 23.2 Å². The monoisotopic (exact) mass is 350 g/mol. The molecule has 0 unspecified atom stereocenters. The van der Waals surface area contributed by atoms with Crippen LogP contribution < -0.4 is 5.32 Å². The van der Waals surface area contributed by atoms with Gasteiger partial charge in [-0.15, -0.1) is 0 Å². The fraction of sp³-hybridized carbons (Fsp3) is 0.438. The van der Waals surface area contributed by atoms with Crippen molar-refractivity contribution in [2.45, 2.75) is 19.3 Å². The average Bonchev–Trinajstić information content (AvgIpc) is 3.18. The second-order valence-corrected chi connectivity index (χ2v) is 7.81. The standard InChI is InChI=1S/C16H15ClN2O3S/c17-9-3-4-10-11(6-9)23-16(18-10)19-14(20)12-7-1-2-8(5-7)13(12)15(21)22/h3-4,6-8,12-13H,1-2,5H2,(H,21,22)(H,18,19,20)/t7-,8-,12-,13-/m0/s1. The summed E-state index contributed by atoms with van der Waals surface area (Å²) in [6.45, 7) is 0. The van der Waals surface area contributed by atoms with Crippen molar-refractivity contribution >= 4 is 50.2 Å². The molecular weight excluding hydrogens is 336 g/mol. The Morgan fingerprint density at radius 2 is 2.00 bits per heavy atom. The summed E-state index contributed by atoms with van der Waals surface area (Å²) in [6.07, 6.45) is 2.72. The van der Waals surface area contributed by atoms with Gasteiger partial charge in [-0.3, -0.25) is 9.59 Å². The summed E-state index contributed by atoms with van der Waals surface area (Å²) in [4.78, 5) is 28.5. The Bertz CT molecular complexity index is 806. The second-order valence-electron chi connectivity index (χ2n) is 6.34. The zero-order chi connectivity index (χ0) is 16.1. The Labute approximate surface area is 141 Å². The van der Waals surface area contributed by atoms with Gasteiger partial charge in [-0.1, -0.05) is 22.9 Å². The normalized spacial score (nSPS) is 29.1. The van der Waals surface area contributed by atoms with Crippen LogP contribution in [0.3, 0.4) is 0 Å². The van der Waals surface area contributed by atoms with Crippen LogP contribution in [0.4, 0.5) is 5.13 Å². The molecule has 7 heteroatoms. The van der Waals surface area contributed by atoms with E-state index < -0.39 is 17.8 Å². The molecule has 2 aliphatic rings. The summed E-state index contributed by atoms with van der Waals surface area (Å²) < 4.78 is 0.899. The first-order chi connectivity index (χ1) is 11.0. The van der Waals surface area contributed by atoms with Gasteiger partial charge in [0.15, 0.2) is 5.13 Å². The van der Waals surface area contributed by atoms with Crippen molar-refractivity contribution in [1.82, 2.24) is 4.98 Å². The predicted octanol–water partition coefficient (Wildman–Crippen LogP) is 3.64. The highest BCUT2D eigenvalue weighted by molar-refractivity contribution is 7.22. The van der Waals surface area contributed by atoms with E-state index in [0.29, 0.717) is 10.2 Å². The van der Waals surface area contributed by atoms with Gasteiger partial charge < -0.3 is 10.4 Å². The summed E-state index contributed by atoms with van der Waals surface area (Å²) in [5, 5.41) is 13.4. The van der Waals surface area contributed by atoms with Crippen LogP contribution >= 0.6 is 22.9 Å². The number of halogens is 1. The quantitative estimate of drug-likeness (QED) is 0.885. The predicted molar refractivity (Wildman–Crippen MR) is 88.7 cm³/mol. The highest BCUT2D eigenvalue weighted by atomic mass is 35.5. The number of benzene rings is 1. The largest absolute Gasteiger partial charge is 0.481 e. The first-order valence-electron chi connectivity index (χ1n) is 7.62. The van der Waals surface area contributed by atoms with E-state index in [2.05, 4.69) is 10.3 Å². The third-order valence-corrected chi connectivity index (χ3v) is 6.25. The van der Waals surface area contributed by atoms with E-state index >= 15 is 0 Å². The summed E-state index contributed by atoms with van der Waals surface area (Å²) in [5.74, 6) is -1.74. The Kier molecular flexibility index (Phi) is 3.54. The molecule has 120 valence electrons. The first kappa shape index (κ1) is 14.9. The fourth-order valence-corrected chi connectivity index (χ4v) is 5.31. The second kappa shape index (κ2) is 5.46. The molecule has 4 rings (SSSR count). The van der Waals surface area contributed by atoms with Crippen LogP contribution in [0.25, 0.3) is 10.2 Å². The van der Waals surface area contributed by atoms with Crippen LogP contribution in [-0.2, 0) is 9.59 Å². The first-order valence-corrected chi connectivity index (χ1v) is 8.82. The molecule has 0 spiro atoms. The minimum atomic E-state index is -0.853. The number of anilines is 1. The van der Waals surface area contributed by atoms with E-state index in [0.717, 1.165) is 29.5 Å². The van der Waals surface area contributed by atoms with Gasteiger partial charge in [0.05, 0.1) is 22.1 Å². The Morgan fingerprint density at radius 3 is 2.74 bits per heavy atom. The molecule has 1 aromatic heterocycles. The molecule has 1 heterocycles. The van der Waals surface area contributed by atoms with Crippen LogP contribution in [0.15, 0.2) is 18.2 Å². The van der Waals surface area contributed by atoms with Crippen molar-refractivity contribution in [3.8, 4) is 0 Å². The number of carboxylic acid groups (broad SMARTS) is 1. The number of aliphatic carboxylic acids is 1.